The van der Waals surface area contributed by atoms with E-state index in [0.29, 0.717) is 10.7 Å². The van der Waals surface area contributed by atoms with E-state index in [1.807, 2.05) is 0 Å². The second-order valence-corrected chi connectivity index (χ2v) is 5.85. The Hall–Kier alpha value is -1.59. The molecule has 0 unspecified atom stereocenters. The van der Waals surface area contributed by atoms with Crippen LogP contribution < -0.4 is 5.32 Å². The lowest BCUT2D eigenvalue weighted by molar-refractivity contribution is 0.102. The summed E-state index contributed by atoms with van der Waals surface area (Å²) in [6, 6.07) is 4.37. The first-order chi connectivity index (χ1) is 9.13. The number of fused-ring (bicyclic) bond motifs is 1. The summed E-state index contributed by atoms with van der Waals surface area (Å²) in [5.41, 5.74) is 1.50. The van der Waals surface area contributed by atoms with Crippen LogP contribution in [0.15, 0.2) is 18.2 Å². The Morgan fingerprint density at radius 3 is 3.00 bits per heavy atom. The number of anilines is 1. The van der Waals surface area contributed by atoms with Crippen molar-refractivity contribution in [3.05, 3.63) is 39.4 Å². The van der Waals surface area contributed by atoms with Crippen molar-refractivity contribution in [2.75, 3.05) is 5.32 Å². The number of benzene rings is 1. The van der Waals surface area contributed by atoms with E-state index < -0.39 is 0 Å². The Morgan fingerprint density at radius 2 is 2.26 bits per heavy atom. The van der Waals surface area contributed by atoms with Gasteiger partial charge in [0.2, 0.25) is 0 Å². The summed E-state index contributed by atoms with van der Waals surface area (Å²) in [5.74, 6) is -0.305. The molecule has 98 valence electrons. The van der Waals surface area contributed by atoms with Gasteiger partial charge in [0.15, 0.2) is 5.13 Å². The van der Waals surface area contributed by atoms with E-state index in [1.165, 1.54) is 34.4 Å². The van der Waals surface area contributed by atoms with E-state index in [-0.39, 0.29) is 16.7 Å². The normalized spacial score (nSPS) is 13.3. The third kappa shape index (κ3) is 2.43. The number of phenols is 1. The van der Waals surface area contributed by atoms with Crippen molar-refractivity contribution in [1.29, 1.82) is 0 Å². The van der Waals surface area contributed by atoms with Gasteiger partial charge in [0.1, 0.15) is 5.75 Å². The number of hydrogen-bond donors (Lipinski definition) is 2. The summed E-state index contributed by atoms with van der Waals surface area (Å²) >= 11 is 7.31. The molecule has 6 heteroatoms. The van der Waals surface area contributed by atoms with Crippen LogP contribution in [-0.2, 0) is 12.8 Å². The molecule has 0 fully saturated rings. The quantitative estimate of drug-likeness (QED) is 0.894. The van der Waals surface area contributed by atoms with Gasteiger partial charge in [0.05, 0.1) is 10.7 Å². The second-order valence-electron chi connectivity index (χ2n) is 4.36. The fourth-order valence-electron chi connectivity index (χ4n) is 2.06. The molecule has 1 aliphatic rings. The largest absolute Gasteiger partial charge is 0.506 e. The van der Waals surface area contributed by atoms with Crippen molar-refractivity contribution in [2.45, 2.75) is 19.3 Å². The number of aromatic hydroxyl groups is 1. The van der Waals surface area contributed by atoms with Crippen molar-refractivity contribution < 1.29 is 9.90 Å². The van der Waals surface area contributed by atoms with Gasteiger partial charge in [-0.1, -0.05) is 11.6 Å². The van der Waals surface area contributed by atoms with E-state index in [1.54, 1.807) is 0 Å². The van der Waals surface area contributed by atoms with Crippen LogP contribution in [-0.4, -0.2) is 16.0 Å². The molecule has 1 aromatic heterocycles. The molecule has 0 saturated carbocycles. The molecule has 1 aromatic carbocycles. The van der Waals surface area contributed by atoms with Crippen molar-refractivity contribution >= 4 is 34.0 Å². The van der Waals surface area contributed by atoms with Crippen molar-refractivity contribution in [2.24, 2.45) is 0 Å². The van der Waals surface area contributed by atoms with Crippen LogP contribution in [0.1, 0.15) is 27.3 Å². The van der Waals surface area contributed by atoms with Crippen LogP contribution in [0.5, 0.6) is 5.75 Å². The first kappa shape index (κ1) is 12.4. The highest BCUT2D eigenvalue weighted by molar-refractivity contribution is 7.16. The maximum Gasteiger partial charge on any atom is 0.257 e. The zero-order chi connectivity index (χ0) is 13.4. The van der Waals surface area contributed by atoms with E-state index in [0.717, 1.165) is 25.0 Å². The van der Waals surface area contributed by atoms with Gasteiger partial charge in [-0.25, -0.2) is 4.98 Å². The Bertz CT molecular complexity index is 633. The number of thiazole rings is 1. The van der Waals surface area contributed by atoms with Gasteiger partial charge in [-0.3, -0.25) is 10.1 Å². The molecule has 0 bridgehead atoms. The summed E-state index contributed by atoms with van der Waals surface area (Å²) in [6.45, 7) is 0. The van der Waals surface area contributed by atoms with E-state index in [4.69, 9.17) is 11.6 Å². The van der Waals surface area contributed by atoms with E-state index in [9.17, 15) is 9.90 Å². The molecule has 2 aromatic rings. The fourth-order valence-corrected chi connectivity index (χ4v) is 3.29. The molecule has 1 aliphatic carbocycles. The fraction of sp³-hybridized carbons (Fsp3) is 0.231. The number of hydrogen-bond acceptors (Lipinski definition) is 4. The number of rotatable bonds is 2. The number of amides is 1. The topological polar surface area (TPSA) is 62.2 Å². The number of nitrogens with zero attached hydrogens (tertiary/aromatic N) is 1. The lowest BCUT2D eigenvalue weighted by Gasteiger charge is -2.03. The molecule has 19 heavy (non-hydrogen) atoms. The van der Waals surface area contributed by atoms with Gasteiger partial charge >= 0.3 is 0 Å². The highest BCUT2D eigenvalue weighted by Gasteiger charge is 2.18. The highest BCUT2D eigenvalue weighted by atomic mass is 35.5. The molecule has 0 spiro atoms. The minimum absolute atomic E-state index is 0.0357. The summed E-state index contributed by atoms with van der Waals surface area (Å²) < 4.78 is 0. The molecule has 1 heterocycles. The van der Waals surface area contributed by atoms with Crippen LogP contribution in [0.25, 0.3) is 0 Å². The van der Waals surface area contributed by atoms with Crippen molar-refractivity contribution in [3.8, 4) is 5.75 Å². The summed E-state index contributed by atoms with van der Waals surface area (Å²) in [4.78, 5) is 17.7. The average molecular weight is 295 g/mol. The molecule has 0 atom stereocenters. The maximum absolute atomic E-state index is 12.0. The summed E-state index contributed by atoms with van der Waals surface area (Å²) in [5, 5.41) is 12.9. The zero-order valence-corrected chi connectivity index (χ0v) is 11.5. The third-order valence-corrected chi connectivity index (χ3v) is 4.40. The smallest absolute Gasteiger partial charge is 0.257 e. The van der Waals surface area contributed by atoms with Crippen LogP contribution in [0, 0.1) is 0 Å². The molecule has 1 amide bonds. The monoisotopic (exact) mass is 294 g/mol. The molecule has 0 radical (unpaired) electrons. The summed E-state index contributed by atoms with van der Waals surface area (Å²) in [6.07, 6.45) is 3.19. The number of aromatic nitrogens is 1. The van der Waals surface area contributed by atoms with Gasteiger partial charge in [-0.05, 0) is 37.5 Å². The van der Waals surface area contributed by atoms with Crippen molar-refractivity contribution in [1.82, 2.24) is 4.98 Å². The molecule has 0 saturated heterocycles. The molecule has 0 aliphatic heterocycles. The van der Waals surface area contributed by atoms with Crippen LogP contribution >= 0.6 is 22.9 Å². The number of carbonyl (C=O) groups excluding carboxylic acids is 1. The standard InChI is InChI=1S/C13H11ClN2O2S/c14-8-6-7(4-5-10(8)17)12(18)16-13-15-9-2-1-3-11(9)19-13/h4-6,17H,1-3H2,(H,15,16,18). The maximum atomic E-state index is 12.0. The number of phenolic OH excluding ortho intramolecular Hbond substituents is 1. The molecule has 3 rings (SSSR count). The predicted molar refractivity (Wildman–Crippen MR) is 75.2 cm³/mol. The van der Waals surface area contributed by atoms with Gasteiger partial charge in [-0.2, -0.15) is 0 Å². The zero-order valence-electron chi connectivity index (χ0n) is 9.94. The number of nitrogens with one attached hydrogen (secondary N) is 1. The minimum Gasteiger partial charge on any atom is -0.506 e. The van der Waals surface area contributed by atoms with Gasteiger partial charge < -0.3 is 5.11 Å². The Morgan fingerprint density at radius 1 is 1.42 bits per heavy atom. The number of aryl methyl sites for hydroxylation is 2. The number of halogens is 1. The molecular formula is C13H11ClN2O2S. The van der Waals surface area contributed by atoms with E-state index >= 15 is 0 Å². The molecule has 2 N–H and O–H groups in total. The highest BCUT2D eigenvalue weighted by Crippen LogP contribution is 2.31. The van der Waals surface area contributed by atoms with Gasteiger partial charge in [-0.15, -0.1) is 11.3 Å². The predicted octanol–water partition coefficient (Wildman–Crippen LogP) is 3.24. The lowest BCUT2D eigenvalue weighted by Crippen LogP contribution is -2.11. The van der Waals surface area contributed by atoms with Crippen LogP contribution in [0.3, 0.4) is 0 Å². The van der Waals surface area contributed by atoms with Gasteiger partial charge in [0, 0.05) is 10.4 Å². The van der Waals surface area contributed by atoms with Crippen LogP contribution in [0.2, 0.25) is 5.02 Å². The number of carbonyl (C=O) groups is 1. The molecular weight excluding hydrogens is 284 g/mol. The first-order valence-electron chi connectivity index (χ1n) is 5.92. The third-order valence-electron chi connectivity index (χ3n) is 3.03. The SMILES string of the molecule is O=C(Nc1nc2c(s1)CCC2)c1ccc(O)c(Cl)c1. The lowest BCUT2D eigenvalue weighted by atomic mass is 10.2. The van der Waals surface area contributed by atoms with Gasteiger partial charge in [0.25, 0.3) is 5.91 Å². The van der Waals surface area contributed by atoms with E-state index in [2.05, 4.69) is 10.3 Å². The van der Waals surface area contributed by atoms with Crippen LogP contribution in [0.4, 0.5) is 5.13 Å². The Balaban J connectivity index is 1.78. The Kier molecular flexibility index (Phi) is 3.16. The second kappa shape index (κ2) is 4.83. The summed E-state index contributed by atoms with van der Waals surface area (Å²) in [7, 11) is 0. The first-order valence-corrected chi connectivity index (χ1v) is 7.11. The molecule has 4 nitrogen and oxygen atoms in total. The van der Waals surface area contributed by atoms with Crippen molar-refractivity contribution in [3.63, 3.8) is 0 Å². The Labute approximate surface area is 119 Å². The minimum atomic E-state index is -0.269. The average Bonchev–Trinajstić information content (AvgIpc) is 2.93.